The molecule has 0 atom stereocenters. The highest BCUT2D eigenvalue weighted by Crippen LogP contribution is 2.01. The van der Waals surface area contributed by atoms with E-state index in [0.717, 1.165) is 0 Å². The number of hydrogen-bond donors (Lipinski definition) is 1. The third kappa shape index (κ3) is 2.48. The monoisotopic (exact) mass is 247 g/mol. The van der Waals surface area contributed by atoms with Crippen molar-refractivity contribution in [1.82, 2.24) is 19.9 Å². The SMILES string of the molecule is COC(=O)c1cccc(C(=O)Nn2cnnc2)n1. The maximum Gasteiger partial charge on any atom is 0.356 e. The van der Waals surface area contributed by atoms with Crippen molar-refractivity contribution >= 4 is 11.9 Å². The van der Waals surface area contributed by atoms with E-state index in [1.807, 2.05) is 0 Å². The van der Waals surface area contributed by atoms with Crippen molar-refractivity contribution in [2.75, 3.05) is 12.5 Å². The lowest BCUT2D eigenvalue weighted by molar-refractivity contribution is 0.0594. The van der Waals surface area contributed by atoms with Gasteiger partial charge >= 0.3 is 5.97 Å². The van der Waals surface area contributed by atoms with Crippen molar-refractivity contribution in [3.8, 4) is 0 Å². The van der Waals surface area contributed by atoms with E-state index in [1.165, 1.54) is 36.6 Å². The van der Waals surface area contributed by atoms with Gasteiger partial charge in [-0.3, -0.25) is 10.2 Å². The number of esters is 1. The molecule has 8 nitrogen and oxygen atoms in total. The topological polar surface area (TPSA) is 99.0 Å². The Hall–Kier alpha value is -2.77. The molecule has 2 rings (SSSR count). The summed E-state index contributed by atoms with van der Waals surface area (Å²) < 4.78 is 5.79. The van der Waals surface area contributed by atoms with Crippen molar-refractivity contribution < 1.29 is 14.3 Å². The fourth-order valence-electron chi connectivity index (χ4n) is 1.21. The lowest BCUT2D eigenvalue weighted by atomic mass is 10.3. The number of methoxy groups -OCH3 is 1. The number of aromatic nitrogens is 4. The predicted octanol–water partition coefficient (Wildman–Crippen LogP) is -0.156. The minimum atomic E-state index is -0.603. The van der Waals surface area contributed by atoms with Crippen LogP contribution in [0.3, 0.4) is 0 Å². The van der Waals surface area contributed by atoms with Crippen molar-refractivity contribution in [3.63, 3.8) is 0 Å². The Bertz CT molecular complexity index is 567. The van der Waals surface area contributed by atoms with Crippen LogP contribution in [0.5, 0.6) is 0 Å². The normalized spacial score (nSPS) is 9.83. The summed E-state index contributed by atoms with van der Waals surface area (Å²) in [6.07, 6.45) is 2.64. The van der Waals surface area contributed by atoms with Gasteiger partial charge in [0, 0.05) is 0 Å². The summed E-state index contributed by atoms with van der Waals surface area (Å²) in [5, 5.41) is 7.06. The van der Waals surface area contributed by atoms with Gasteiger partial charge in [0.25, 0.3) is 5.91 Å². The summed E-state index contributed by atoms with van der Waals surface area (Å²) in [5.74, 6) is -1.09. The predicted molar refractivity (Wildman–Crippen MR) is 59.3 cm³/mol. The Balaban J connectivity index is 2.18. The third-order valence-corrected chi connectivity index (χ3v) is 2.03. The van der Waals surface area contributed by atoms with Crippen LogP contribution in [0.25, 0.3) is 0 Å². The smallest absolute Gasteiger partial charge is 0.356 e. The molecule has 92 valence electrons. The molecule has 0 radical (unpaired) electrons. The van der Waals surface area contributed by atoms with Gasteiger partial charge in [0.2, 0.25) is 0 Å². The molecule has 0 aliphatic carbocycles. The molecule has 0 saturated heterocycles. The molecular formula is C10H9N5O3. The molecular weight excluding hydrogens is 238 g/mol. The summed E-state index contributed by atoms with van der Waals surface area (Å²) in [6, 6.07) is 4.48. The van der Waals surface area contributed by atoms with E-state index in [-0.39, 0.29) is 11.4 Å². The number of ether oxygens (including phenoxy) is 1. The Morgan fingerprint density at radius 3 is 2.56 bits per heavy atom. The molecule has 1 amide bonds. The van der Waals surface area contributed by atoms with E-state index in [0.29, 0.717) is 0 Å². The minimum absolute atomic E-state index is 0.0638. The lowest BCUT2D eigenvalue weighted by Gasteiger charge is -2.04. The number of nitrogens with zero attached hydrogens (tertiary/aromatic N) is 4. The molecule has 0 fully saturated rings. The number of amides is 1. The fraction of sp³-hybridized carbons (Fsp3) is 0.100. The molecule has 2 aromatic heterocycles. The van der Waals surface area contributed by atoms with Gasteiger partial charge in [-0.25, -0.2) is 14.5 Å². The van der Waals surface area contributed by atoms with E-state index < -0.39 is 11.9 Å². The number of pyridine rings is 1. The summed E-state index contributed by atoms with van der Waals surface area (Å²) in [4.78, 5) is 26.9. The maximum atomic E-state index is 11.8. The number of hydrogen-bond acceptors (Lipinski definition) is 6. The Labute approximate surface area is 102 Å². The third-order valence-electron chi connectivity index (χ3n) is 2.03. The standard InChI is InChI=1S/C10H9N5O3/c1-18-10(17)8-4-2-3-7(13-8)9(16)14-15-5-11-12-6-15/h2-6H,1H3,(H,14,16). The molecule has 0 aliphatic rings. The van der Waals surface area contributed by atoms with Gasteiger partial charge < -0.3 is 4.74 Å². The van der Waals surface area contributed by atoms with Crippen molar-refractivity contribution in [3.05, 3.63) is 42.2 Å². The summed E-state index contributed by atoms with van der Waals surface area (Å²) >= 11 is 0. The van der Waals surface area contributed by atoms with Crippen LogP contribution in [0.1, 0.15) is 21.0 Å². The van der Waals surface area contributed by atoms with Gasteiger partial charge in [-0.1, -0.05) is 6.07 Å². The number of rotatable bonds is 3. The molecule has 0 spiro atoms. The zero-order chi connectivity index (χ0) is 13.0. The highest BCUT2D eigenvalue weighted by Gasteiger charge is 2.12. The van der Waals surface area contributed by atoms with Crippen molar-refractivity contribution in [1.29, 1.82) is 0 Å². The van der Waals surface area contributed by atoms with Crippen molar-refractivity contribution in [2.24, 2.45) is 0 Å². The quantitative estimate of drug-likeness (QED) is 0.757. The first-order chi connectivity index (χ1) is 8.70. The average molecular weight is 247 g/mol. The molecule has 8 heteroatoms. The van der Waals surface area contributed by atoms with E-state index in [1.54, 1.807) is 6.07 Å². The molecule has 0 bridgehead atoms. The first-order valence-electron chi connectivity index (χ1n) is 4.92. The molecule has 0 aliphatic heterocycles. The molecule has 2 heterocycles. The van der Waals surface area contributed by atoms with Crippen LogP contribution >= 0.6 is 0 Å². The van der Waals surface area contributed by atoms with Crippen LogP contribution in [0.15, 0.2) is 30.9 Å². The molecule has 1 N–H and O–H groups in total. The van der Waals surface area contributed by atoms with Gasteiger partial charge in [-0.15, -0.1) is 10.2 Å². The summed E-state index contributed by atoms with van der Waals surface area (Å²) in [7, 11) is 1.24. The van der Waals surface area contributed by atoms with E-state index >= 15 is 0 Å². The van der Waals surface area contributed by atoms with Gasteiger partial charge in [-0.05, 0) is 12.1 Å². The van der Waals surface area contributed by atoms with Crippen LogP contribution < -0.4 is 5.43 Å². The van der Waals surface area contributed by atoms with Crippen LogP contribution in [-0.2, 0) is 4.74 Å². The number of carbonyl (C=O) groups excluding carboxylic acids is 2. The van der Waals surface area contributed by atoms with Gasteiger partial charge in [0.1, 0.15) is 24.0 Å². The Kier molecular flexibility index (Phi) is 3.28. The fourth-order valence-corrected chi connectivity index (χ4v) is 1.21. The van der Waals surface area contributed by atoms with Gasteiger partial charge in [0.15, 0.2) is 0 Å². The molecule has 0 saturated carbocycles. The number of nitrogens with one attached hydrogen (secondary N) is 1. The van der Waals surface area contributed by atoms with Crippen molar-refractivity contribution in [2.45, 2.75) is 0 Å². The van der Waals surface area contributed by atoms with E-state index in [9.17, 15) is 9.59 Å². The Morgan fingerprint density at radius 1 is 1.22 bits per heavy atom. The van der Waals surface area contributed by atoms with Gasteiger partial charge in [0.05, 0.1) is 7.11 Å². The van der Waals surface area contributed by atoms with Crippen LogP contribution in [0.4, 0.5) is 0 Å². The molecule has 0 unspecified atom stereocenters. The number of carbonyl (C=O) groups is 2. The zero-order valence-corrected chi connectivity index (χ0v) is 9.40. The summed E-state index contributed by atoms with van der Waals surface area (Å²) in [6.45, 7) is 0. The van der Waals surface area contributed by atoms with E-state index in [2.05, 4.69) is 25.3 Å². The second-order valence-corrected chi connectivity index (χ2v) is 3.21. The summed E-state index contributed by atoms with van der Waals surface area (Å²) in [5.41, 5.74) is 2.61. The first-order valence-corrected chi connectivity index (χ1v) is 4.92. The highest BCUT2D eigenvalue weighted by molar-refractivity contribution is 5.99. The van der Waals surface area contributed by atoms with Crippen LogP contribution in [0.2, 0.25) is 0 Å². The lowest BCUT2D eigenvalue weighted by Crippen LogP contribution is -2.23. The molecule has 18 heavy (non-hydrogen) atoms. The largest absolute Gasteiger partial charge is 0.464 e. The Morgan fingerprint density at radius 2 is 1.89 bits per heavy atom. The first kappa shape index (κ1) is 11.7. The zero-order valence-electron chi connectivity index (χ0n) is 9.40. The maximum absolute atomic E-state index is 11.8. The average Bonchev–Trinajstić information content (AvgIpc) is 2.90. The molecule has 0 aromatic carbocycles. The second kappa shape index (κ2) is 5.04. The van der Waals surface area contributed by atoms with Crippen LogP contribution in [0, 0.1) is 0 Å². The van der Waals surface area contributed by atoms with E-state index in [4.69, 9.17) is 0 Å². The highest BCUT2D eigenvalue weighted by atomic mass is 16.5. The minimum Gasteiger partial charge on any atom is -0.464 e. The second-order valence-electron chi connectivity index (χ2n) is 3.21. The van der Waals surface area contributed by atoms with Gasteiger partial charge in [-0.2, -0.15) is 0 Å². The molecule has 2 aromatic rings. The van der Waals surface area contributed by atoms with Crippen LogP contribution in [-0.4, -0.2) is 38.8 Å².